The molecule has 0 unspecified atom stereocenters. The number of anilines is 1. The van der Waals surface area contributed by atoms with Crippen molar-refractivity contribution in [2.24, 2.45) is 0 Å². The Kier molecular flexibility index (Phi) is 5.65. The second kappa shape index (κ2) is 7.70. The lowest BCUT2D eigenvalue weighted by atomic mass is 10.2. The van der Waals surface area contributed by atoms with Crippen LogP contribution in [0.5, 0.6) is 5.75 Å². The molecule has 0 bridgehead atoms. The number of carbonyl (C=O) groups excluding carboxylic acids is 1. The molecule has 2 aromatic rings. The molecule has 0 fully saturated rings. The molecule has 7 heteroatoms. The van der Waals surface area contributed by atoms with Crippen LogP contribution in [0, 0.1) is 0 Å². The van der Waals surface area contributed by atoms with E-state index in [4.69, 9.17) is 9.47 Å². The summed E-state index contributed by atoms with van der Waals surface area (Å²) in [6, 6.07) is 7.68. The number of hydrogen-bond acceptors (Lipinski definition) is 6. The van der Waals surface area contributed by atoms with Gasteiger partial charge in [-0.3, -0.25) is 10.1 Å². The standard InChI is InChI=1S/C14H17N3O3S/c1-3-10-5-4-6-11(7-10)20-8-12(18)15-14-17-16-13(21-14)9-19-2/h4-7H,3,8-9H2,1-2H3,(H,15,17,18). The predicted molar refractivity (Wildman–Crippen MR) is 80.6 cm³/mol. The van der Waals surface area contributed by atoms with Gasteiger partial charge in [0, 0.05) is 7.11 Å². The summed E-state index contributed by atoms with van der Waals surface area (Å²) in [6.07, 6.45) is 0.927. The summed E-state index contributed by atoms with van der Waals surface area (Å²) < 4.78 is 10.4. The maximum Gasteiger partial charge on any atom is 0.264 e. The molecule has 0 aliphatic heterocycles. The topological polar surface area (TPSA) is 73.3 Å². The molecule has 1 amide bonds. The third kappa shape index (κ3) is 4.80. The number of carbonyl (C=O) groups is 1. The molecule has 1 heterocycles. The van der Waals surface area contributed by atoms with Gasteiger partial charge in [0.1, 0.15) is 17.4 Å². The van der Waals surface area contributed by atoms with E-state index in [1.54, 1.807) is 7.11 Å². The largest absolute Gasteiger partial charge is 0.484 e. The van der Waals surface area contributed by atoms with Crippen molar-refractivity contribution in [2.45, 2.75) is 20.0 Å². The number of nitrogens with zero attached hydrogens (tertiary/aromatic N) is 2. The highest BCUT2D eigenvalue weighted by Gasteiger charge is 2.09. The zero-order valence-electron chi connectivity index (χ0n) is 12.0. The molecule has 0 saturated heterocycles. The van der Waals surface area contributed by atoms with Crippen molar-refractivity contribution >= 4 is 22.4 Å². The minimum atomic E-state index is -0.267. The number of ether oxygens (including phenoxy) is 2. The Morgan fingerprint density at radius 1 is 1.38 bits per heavy atom. The van der Waals surface area contributed by atoms with Crippen molar-refractivity contribution in [3.63, 3.8) is 0 Å². The van der Waals surface area contributed by atoms with Crippen LogP contribution >= 0.6 is 11.3 Å². The summed E-state index contributed by atoms with van der Waals surface area (Å²) in [4.78, 5) is 11.8. The molecule has 0 aliphatic carbocycles. The molecule has 0 radical (unpaired) electrons. The van der Waals surface area contributed by atoms with Gasteiger partial charge in [-0.25, -0.2) is 0 Å². The first-order valence-corrected chi connectivity index (χ1v) is 7.35. The molecular weight excluding hydrogens is 290 g/mol. The van der Waals surface area contributed by atoms with E-state index in [1.807, 2.05) is 24.3 Å². The molecule has 6 nitrogen and oxygen atoms in total. The van der Waals surface area contributed by atoms with Crippen LogP contribution in [0.2, 0.25) is 0 Å². The van der Waals surface area contributed by atoms with Crippen LogP contribution < -0.4 is 10.1 Å². The molecule has 0 atom stereocenters. The Hall–Kier alpha value is -1.99. The van der Waals surface area contributed by atoms with Crippen molar-refractivity contribution in [3.05, 3.63) is 34.8 Å². The molecule has 0 aliphatic rings. The Morgan fingerprint density at radius 3 is 3.00 bits per heavy atom. The third-order valence-electron chi connectivity index (χ3n) is 2.66. The summed E-state index contributed by atoms with van der Waals surface area (Å²) in [5.74, 6) is 0.416. The Morgan fingerprint density at radius 2 is 2.24 bits per heavy atom. The molecule has 1 N–H and O–H groups in total. The number of benzene rings is 1. The fourth-order valence-corrected chi connectivity index (χ4v) is 2.37. The zero-order valence-corrected chi connectivity index (χ0v) is 12.8. The summed E-state index contributed by atoms with van der Waals surface area (Å²) in [5.41, 5.74) is 1.17. The molecular formula is C14H17N3O3S. The van der Waals surface area contributed by atoms with Gasteiger partial charge in [-0.15, -0.1) is 10.2 Å². The zero-order chi connectivity index (χ0) is 15.1. The Labute approximate surface area is 127 Å². The highest BCUT2D eigenvalue weighted by molar-refractivity contribution is 7.15. The average Bonchev–Trinajstić information content (AvgIpc) is 2.93. The Balaban J connectivity index is 1.83. The van der Waals surface area contributed by atoms with E-state index >= 15 is 0 Å². The number of rotatable bonds is 7. The van der Waals surface area contributed by atoms with Gasteiger partial charge >= 0.3 is 0 Å². The second-order valence-electron chi connectivity index (χ2n) is 4.27. The molecule has 1 aromatic carbocycles. The lowest BCUT2D eigenvalue weighted by molar-refractivity contribution is -0.118. The number of hydrogen-bond donors (Lipinski definition) is 1. The van der Waals surface area contributed by atoms with E-state index < -0.39 is 0 Å². The van der Waals surface area contributed by atoms with Crippen LogP contribution in [0.25, 0.3) is 0 Å². The summed E-state index contributed by atoms with van der Waals surface area (Å²) in [7, 11) is 1.58. The van der Waals surface area contributed by atoms with Crippen LogP contribution in [0.1, 0.15) is 17.5 Å². The van der Waals surface area contributed by atoms with Gasteiger partial charge in [0.25, 0.3) is 5.91 Å². The van der Waals surface area contributed by atoms with Crippen LogP contribution in [0.3, 0.4) is 0 Å². The first kappa shape index (κ1) is 15.4. The smallest absolute Gasteiger partial charge is 0.264 e. The van der Waals surface area contributed by atoms with E-state index in [1.165, 1.54) is 16.9 Å². The van der Waals surface area contributed by atoms with Crippen molar-refractivity contribution in [2.75, 3.05) is 19.0 Å². The van der Waals surface area contributed by atoms with Crippen molar-refractivity contribution in [3.8, 4) is 5.75 Å². The summed E-state index contributed by atoms with van der Waals surface area (Å²) in [6.45, 7) is 2.39. The van der Waals surface area contributed by atoms with Gasteiger partial charge in [0.15, 0.2) is 6.61 Å². The average molecular weight is 307 g/mol. The predicted octanol–water partition coefficient (Wildman–Crippen LogP) is 2.26. The number of methoxy groups -OCH3 is 1. The van der Waals surface area contributed by atoms with Gasteiger partial charge in [-0.2, -0.15) is 0 Å². The van der Waals surface area contributed by atoms with Crippen molar-refractivity contribution in [1.82, 2.24) is 10.2 Å². The van der Waals surface area contributed by atoms with Gasteiger partial charge in [-0.05, 0) is 24.1 Å². The van der Waals surface area contributed by atoms with Gasteiger partial charge in [0.2, 0.25) is 5.13 Å². The first-order valence-electron chi connectivity index (χ1n) is 6.54. The van der Waals surface area contributed by atoms with Crippen LogP contribution in [-0.2, 0) is 22.6 Å². The minimum Gasteiger partial charge on any atom is -0.484 e. The number of aryl methyl sites for hydroxylation is 1. The minimum absolute atomic E-state index is 0.0631. The highest BCUT2D eigenvalue weighted by Crippen LogP contribution is 2.16. The van der Waals surface area contributed by atoms with Crippen molar-refractivity contribution < 1.29 is 14.3 Å². The fraction of sp³-hybridized carbons (Fsp3) is 0.357. The second-order valence-corrected chi connectivity index (χ2v) is 5.33. The molecule has 1 aromatic heterocycles. The molecule has 2 rings (SSSR count). The molecule has 0 saturated carbocycles. The van der Waals surface area contributed by atoms with Crippen LogP contribution in [-0.4, -0.2) is 29.8 Å². The van der Waals surface area contributed by atoms with E-state index in [0.717, 1.165) is 6.42 Å². The Bertz CT molecular complexity index is 601. The SMILES string of the molecule is CCc1cccc(OCC(=O)Nc2nnc(COC)s2)c1. The number of amides is 1. The molecule has 21 heavy (non-hydrogen) atoms. The fourth-order valence-electron chi connectivity index (χ4n) is 1.65. The first-order chi connectivity index (χ1) is 10.2. The number of aromatic nitrogens is 2. The lowest BCUT2D eigenvalue weighted by Gasteiger charge is -2.06. The quantitative estimate of drug-likeness (QED) is 0.849. The van der Waals surface area contributed by atoms with Gasteiger partial charge in [-0.1, -0.05) is 30.4 Å². The number of nitrogens with one attached hydrogen (secondary N) is 1. The maximum absolute atomic E-state index is 11.8. The third-order valence-corrected chi connectivity index (χ3v) is 3.47. The van der Waals surface area contributed by atoms with Crippen molar-refractivity contribution in [1.29, 1.82) is 0 Å². The summed E-state index contributed by atoms with van der Waals surface area (Å²) in [5, 5.41) is 11.5. The van der Waals surface area contributed by atoms with E-state index in [0.29, 0.717) is 22.5 Å². The van der Waals surface area contributed by atoms with E-state index in [2.05, 4.69) is 22.4 Å². The van der Waals surface area contributed by atoms with Gasteiger partial charge in [0.05, 0.1) is 0 Å². The van der Waals surface area contributed by atoms with Crippen LogP contribution in [0.15, 0.2) is 24.3 Å². The van der Waals surface area contributed by atoms with E-state index in [-0.39, 0.29) is 12.5 Å². The van der Waals surface area contributed by atoms with Crippen LogP contribution in [0.4, 0.5) is 5.13 Å². The molecule has 0 spiro atoms. The van der Waals surface area contributed by atoms with E-state index in [9.17, 15) is 4.79 Å². The lowest BCUT2D eigenvalue weighted by Crippen LogP contribution is -2.20. The highest BCUT2D eigenvalue weighted by atomic mass is 32.1. The van der Waals surface area contributed by atoms with Gasteiger partial charge < -0.3 is 9.47 Å². The summed E-state index contributed by atoms with van der Waals surface area (Å²) >= 11 is 1.28. The molecule has 112 valence electrons. The monoisotopic (exact) mass is 307 g/mol. The maximum atomic E-state index is 11.8. The normalized spacial score (nSPS) is 10.4.